The quantitative estimate of drug-likeness (QED) is 0.435. The molecule has 4 rings (SSSR count). The van der Waals surface area contributed by atoms with Crippen molar-refractivity contribution in [3.63, 3.8) is 0 Å². The Morgan fingerprint density at radius 2 is 1.76 bits per heavy atom. The van der Waals surface area contributed by atoms with Gasteiger partial charge in [-0.25, -0.2) is 9.97 Å². The first-order valence-electron chi connectivity index (χ1n) is 10.6. The molecule has 0 atom stereocenters. The topological polar surface area (TPSA) is 121 Å². The molecule has 1 aromatic carbocycles. The lowest BCUT2D eigenvalue weighted by atomic mass is 10.2. The van der Waals surface area contributed by atoms with Crippen molar-refractivity contribution in [1.82, 2.24) is 29.9 Å². The summed E-state index contributed by atoms with van der Waals surface area (Å²) >= 11 is 0. The van der Waals surface area contributed by atoms with E-state index in [1.807, 2.05) is 51.1 Å². The van der Waals surface area contributed by atoms with Crippen LogP contribution in [0.15, 0.2) is 40.9 Å². The van der Waals surface area contributed by atoms with Crippen molar-refractivity contribution in [2.45, 2.75) is 40.0 Å². The number of hydrogen-bond donors (Lipinski definition) is 1. The Labute approximate surface area is 191 Å². The maximum Gasteiger partial charge on any atom is 0.252 e. The van der Waals surface area contributed by atoms with Crippen LogP contribution in [-0.4, -0.2) is 42.9 Å². The van der Waals surface area contributed by atoms with Crippen molar-refractivity contribution in [2.24, 2.45) is 0 Å². The van der Waals surface area contributed by atoms with Crippen LogP contribution >= 0.6 is 0 Å². The molecule has 1 N–H and O–H groups in total. The highest BCUT2D eigenvalue weighted by Crippen LogP contribution is 2.20. The molecule has 0 saturated heterocycles. The first kappa shape index (κ1) is 22.1. The van der Waals surface area contributed by atoms with Gasteiger partial charge in [0.25, 0.3) is 5.95 Å². The molecule has 0 spiro atoms. The van der Waals surface area contributed by atoms with Crippen molar-refractivity contribution >= 4 is 11.7 Å². The van der Waals surface area contributed by atoms with E-state index < -0.39 is 0 Å². The lowest BCUT2D eigenvalue weighted by Crippen LogP contribution is -2.16. The maximum atomic E-state index is 12.5. The van der Waals surface area contributed by atoms with Crippen molar-refractivity contribution in [3.8, 4) is 23.1 Å². The number of benzene rings is 1. The Hall–Kier alpha value is -4.08. The van der Waals surface area contributed by atoms with Crippen LogP contribution in [-0.2, 0) is 11.2 Å². The maximum absolute atomic E-state index is 12.5. The molecular formula is C23H25N7O3. The first-order valence-corrected chi connectivity index (χ1v) is 10.6. The molecule has 1 amide bonds. The van der Waals surface area contributed by atoms with Gasteiger partial charge in [0.15, 0.2) is 0 Å². The summed E-state index contributed by atoms with van der Waals surface area (Å²) < 4.78 is 12.0. The Morgan fingerprint density at radius 3 is 2.45 bits per heavy atom. The number of carbonyl (C=O) groups excluding carboxylic acids is 1. The SMILES string of the molecule is COc1ccc(-c2noc(CCCC(=O)Nc3cc(C)nn3-c3nc(C)cc(C)n3)n2)cc1. The molecule has 0 saturated carbocycles. The molecule has 0 fully saturated rings. The van der Waals surface area contributed by atoms with Crippen molar-refractivity contribution < 1.29 is 14.1 Å². The molecule has 0 unspecified atom stereocenters. The number of methoxy groups -OCH3 is 1. The van der Waals surface area contributed by atoms with E-state index in [9.17, 15) is 4.79 Å². The van der Waals surface area contributed by atoms with Gasteiger partial charge in [0.1, 0.15) is 11.6 Å². The second-order valence-electron chi connectivity index (χ2n) is 7.68. The average molecular weight is 447 g/mol. The Bertz CT molecular complexity index is 1240. The number of anilines is 1. The molecule has 0 aliphatic heterocycles. The van der Waals surface area contributed by atoms with Crippen LogP contribution in [0.4, 0.5) is 5.82 Å². The molecular weight excluding hydrogens is 422 g/mol. The van der Waals surface area contributed by atoms with E-state index in [0.29, 0.717) is 36.3 Å². The Balaban J connectivity index is 1.35. The standard InChI is InChI=1S/C23H25N7O3/c1-14-12-15(2)25-23(24-14)30-19(13-16(3)28-30)26-20(31)6-5-7-21-27-22(29-33-21)17-8-10-18(32-4)11-9-17/h8-13H,5-7H2,1-4H3,(H,26,31). The largest absolute Gasteiger partial charge is 0.497 e. The molecule has 10 nitrogen and oxygen atoms in total. The summed E-state index contributed by atoms with van der Waals surface area (Å²) in [6.45, 7) is 5.64. The van der Waals surface area contributed by atoms with Gasteiger partial charge >= 0.3 is 0 Å². The Kier molecular flexibility index (Phi) is 6.43. The van der Waals surface area contributed by atoms with Gasteiger partial charge in [-0.3, -0.25) is 4.79 Å². The van der Waals surface area contributed by atoms with Crippen LogP contribution in [0.1, 0.15) is 35.8 Å². The van der Waals surface area contributed by atoms with Gasteiger partial charge in [0.2, 0.25) is 17.6 Å². The zero-order valence-electron chi connectivity index (χ0n) is 19.0. The summed E-state index contributed by atoms with van der Waals surface area (Å²) in [5.41, 5.74) is 3.25. The average Bonchev–Trinajstić information content (AvgIpc) is 3.39. The fraction of sp³-hybridized carbons (Fsp3) is 0.304. The van der Waals surface area contributed by atoms with Gasteiger partial charge in [-0.2, -0.15) is 14.8 Å². The van der Waals surface area contributed by atoms with E-state index in [0.717, 1.165) is 28.4 Å². The van der Waals surface area contributed by atoms with E-state index in [1.54, 1.807) is 17.9 Å². The number of carbonyl (C=O) groups is 1. The molecule has 10 heteroatoms. The lowest BCUT2D eigenvalue weighted by Gasteiger charge is -2.08. The highest BCUT2D eigenvalue weighted by Gasteiger charge is 2.15. The number of nitrogens with one attached hydrogen (secondary N) is 1. The minimum Gasteiger partial charge on any atom is -0.497 e. The van der Waals surface area contributed by atoms with Crippen LogP contribution in [0.2, 0.25) is 0 Å². The minimum atomic E-state index is -0.143. The zero-order valence-corrected chi connectivity index (χ0v) is 19.0. The monoisotopic (exact) mass is 447 g/mol. The van der Waals surface area contributed by atoms with Crippen LogP contribution in [0.25, 0.3) is 17.3 Å². The van der Waals surface area contributed by atoms with Gasteiger partial charge < -0.3 is 14.6 Å². The molecule has 3 heterocycles. The van der Waals surface area contributed by atoms with Crippen LogP contribution in [0.3, 0.4) is 0 Å². The molecule has 33 heavy (non-hydrogen) atoms. The fourth-order valence-corrected chi connectivity index (χ4v) is 3.36. The third-order valence-electron chi connectivity index (χ3n) is 4.87. The summed E-state index contributed by atoms with van der Waals surface area (Å²) in [5.74, 6) is 2.56. The van der Waals surface area contributed by atoms with Crippen molar-refractivity contribution in [1.29, 1.82) is 0 Å². The molecule has 3 aromatic heterocycles. The van der Waals surface area contributed by atoms with E-state index in [4.69, 9.17) is 9.26 Å². The predicted molar refractivity (Wildman–Crippen MR) is 121 cm³/mol. The number of nitrogens with zero attached hydrogens (tertiary/aromatic N) is 6. The summed E-state index contributed by atoms with van der Waals surface area (Å²) in [4.78, 5) is 25.8. The molecule has 4 aromatic rings. The van der Waals surface area contributed by atoms with Crippen LogP contribution < -0.4 is 10.1 Å². The summed E-state index contributed by atoms with van der Waals surface area (Å²) in [7, 11) is 1.61. The van der Waals surface area contributed by atoms with Crippen LogP contribution in [0, 0.1) is 20.8 Å². The molecule has 0 bridgehead atoms. The summed E-state index contributed by atoms with van der Waals surface area (Å²) in [6.07, 6.45) is 1.34. The van der Waals surface area contributed by atoms with E-state index in [-0.39, 0.29) is 12.3 Å². The van der Waals surface area contributed by atoms with Gasteiger partial charge in [0, 0.05) is 35.9 Å². The summed E-state index contributed by atoms with van der Waals surface area (Å²) in [6, 6.07) is 11.1. The van der Waals surface area contributed by atoms with Crippen molar-refractivity contribution in [3.05, 3.63) is 59.4 Å². The minimum absolute atomic E-state index is 0.143. The van der Waals surface area contributed by atoms with Crippen LogP contribution in [0.5, 0.6) is 5.75 Å². The molecule has 0 radical (unpaired) electrons. The second kappa shape index (κ2) is 9.60. The molecule has 0 aliphatic carbocycles. The van der Waals surface area contributed by atoms with E-state index >= 15 is 0 Å². The number of amides is 1. The summed E-state index contributed by atoms with van der Waals surface area (Å²) in [5, 5.41) is 11.3. The van der Waals surface area contributed by atoms with Gasteiger partial charge in [-0.1, -0.05) is 5.16 Å². The van der Waals surface area contributed by atoms with Gasteiger partial charge in [0.05, 0.1) is 12.8 Å². The highest BCUT2D eigenvalue weighted by atomic mass is 16.5. The smallest absolute Gasteiger partial charge is 0.252 e. The molecule has 0 aliphatic rings. The third-order valence-corrected chi connectivity index (χ3v) is 4.87. The number of ether oxygens (including phenoxy) is 1. The Morgan fingerprint density at radius 1 is 1.03 bits per heavy atom. The third kappa shape index (κ3) is 5.40. The normalized spacial score (nSPS) is 10.9. The fourth-order valence-electron chi connectivity index (χ4n) is 3.36. The molecule has 170 valence electrons. The van der Waals surface area contributed by atoms with Crippen molar-refractivity contribution in [2.75, 3.05) is 12.4 Å². The van der Waals surface area contributed by atoms with E-state index in [1.165, 1.54) is 0 Å². The van der Waals surface area contributed by atoms with E-state index in [2.05, 4.69) is 30.5 Å². The lowest BCUT2D eigenvalue weighted by molar-refractivity contribution is -0.116. The number of rotatable bonds is 8. The van der Waals surface area contributed by atoms with Gasteiger partial charge in [-0.05, 0) is 57.5 Å². The number of aryl methyl sites for hydroxylation is 4. The second-order valence-corrected chi connectivity index (χ2v) is 7.68. The highest BCUT2D eigenvalue weighted by molar-refractivity contribution is 5.90. The number of hydrogen-bond acceptors (Lipinski definition) is 8. The first-order chi connectivity index (χ1) is 15.9. The number of aromatic nitrogens is 6. The predicted octanol–water partition coefficient (Wildman–Crippen LogP) is 3.61. The zero-order chi connectivity index (χ0) is 23.4. The van der Waals surface area contributed by atoms with Gasteiger partial charge in [-0.15, -0.1) is 0 Å².